The van der Waals surface area contributed by atoms with Crippen LogP contribution in [0.3, 0.4) is 0 Å². The van der Waals surface area contributed by atoms with Crippen molar-refractivity contribution in [3.05, 3.63) is 57.8 Å². The van der Waals surface area contributed by atoms with Gasteiger partial charge in [0.05, 0.1) is 5.56 Å². The second-order valence-corrected chi connectivity index (χ2v) is 5.25. The second kappa shape index (κ2) is 5.53. The van der Waals surface area contributed by atoms with Crippen molar-refractivity contribution in [2.24, 2.45) is 0 Å². The van der Waals surface area contributed by atoms with E-state index in [1.165, 1.54) is 5.56 Å². The molecule has 0 fully saturated rings. The SMILES string of the molecule is Cc1ccc(N(C)C(=O)c2cccnc2Br)c(C)c1. The highest BCUT2D eigenvalue weighted by Gasteiger charge is 2.17. The molecule has 0 aliphatic rings. The van der Waals surface area contributed by atoms with Gasteiger partial charge in [-0.25, -0.2) is 4.98 Å². The van der Waals surface area contributed by atoms with Gasteiger partial charge in [0, 0.05) is 18.9 Å². The van der Waals surface area contributed by atoms with E-state index in [0.29, 0.717) is 10.2 Å². The number of aryl methyl sites for hydroxylation is 2. The number of nitrogens with zero attached hydrogens (tertiary/aromatic N) is 2. The maximum absolute atomic E-state index is 12.5. The Kier molecular flexibility index (Phi) is 4.00. The van der Waals surface area contributed by atoms with Crippen LogP contribution in [-0.4, -0.2) is 17.9 Å². The summed E-state index contributed by atoms with van der Waals surface area (Å²) in [6.07, 6.45) is 1.65. The summed E-state index contributed by atoms with van der Waals surface area (Å²) in [5.41, 5.74) is 3.73. The Balaban J connectivity index is 2.37. The first-order valence-electron chi connectivity index (χ1n) is 5.96. The first-order valence-corrected chi connectivity index (χ1v) is 6.76. The molecule has 0 atom stereocenters. The lowest BCUT2D eigenvalue weighted by molar-refractivity contribution is 0.0991. The van der Waals surface area contributed by atoms with E-state index in [0.717, 1.165) is 11.3 Å². The zero-order valence-corrected chi connectivity index (χ0v) is 12.7. The number of anilines is 1. The molecule has 98 valence electrons. The van der Waals surface area contributed by atoms with Gasteiger partial charge in [-0.05, 0) is 53.5 Å². The van der Waals surface area contributed by atoms with Gasteiger partial charge in [0.1, 0.15) is 4.60 Å². The largest absolute Gasteiger partial charge is 0.311 e. The molecule has 1 amide bonds. The third-order valence-electron chi connectivity index (χ3n) is 3.01. The van der Waals surface area contributed by atoms with Crippen LogP contribution < -0.4 is 4.90 Å². The molecule has 3 nitrogen and oxygen atoms in total. The normalized spacial score (nSPS) is 10.3. The monoisotopic (exact) mass is 318 g/mol. The van der Waals surface area contributed by atoms with Crippen molar-refractivity contribution < 1.29 is 4.79 Å². The van der Waals surface area contributed by atoms with Crippen molar-refractivity contribution >= 4 is 27.5 Å². The molecule has 2 aromatic rings. The number of halogens is 1. The van der Waals surface area contributed by atoms with Crippen LogP contribution in [0.5, 0.6) is 0 Å². The number of pyridine rings is 1. The average molecular weight is 319 g/mol. The average Bonchev–Trinajstić information content (AvgIpc) is 2.38. The quantitative estimate of drug-likeness (QED) is 0.790. The van der Waals surface area contributed by atoms with Crippen LogP contribution in [0.15, 0.2) is 41.1 Å². The second-order valence-electron chi connectivity index (χ2n) is 4.50. The Hall–Kier alpha value is -1.68. The van der Waals surface area contributed by atoms with E-state index in [1.807, 2.05) is 26.0 Å². The zero-order chi connectivity index (χ0) is 14.0. The molecule has 19 heavy (non-hydrogen) atoms. The van der Waals surface area contributed by atoms with Crippen LogP contribution in [0, 0.1) is 13.8 Å². The van der Waals surface area contributed by atoms with E-state index < -0.39 is 0 Å². The molecule has 4 heteroatoms. The predicted octanol–water partition coefficient (Wildman–Crippen LogP) is 3.74. The number of benzene rings is 1. The third-order valence-corrected chi connectivity index (χ3v) is 3.64. The van der Waals surface area contributed by atoms with Crippen molar-refractivity contribution in [1.82, 2.24) is 4.98 Å². The van der Waals surface area contributed by atoms with Gasteiger partial charge < -0.3 is 4.90 Å². The van der Waals surface area contributed by atoms with Crippen molar-refractivity contribution in [3.63, 3.8) is 0 Å². The van der Waals surface area contributed by atoms with Crippen LogP contribution >= 0.6 is 15.9 Å². The molecule has 0 spiro atoms. The van der Waals surface area contributed by atoms with Crippen LogP contribution in [0.4, 0.5) is 5.69 Å². The van der Waals surface area contributed by atoms with Gasteiger partial charge in [0.25, 0.3) is 5.91 Å². The van der Waals surface area contributed by atoms with Crippen LogP contribution in [0.25, 0.3) is 0 Å². The molecule has 1 aromatic carbocycles. The fraction of sp³-hybridized carbons (Fsp3) is 0.200. The summed E-state index contributed by atoms with van der Waals surface area (Å²) in [5, 5.41) is 0. The van der Waals surface area contributed by atoms with Crippen molar-refractivity contribution in [2.75, 3.05) is 11.9 Å². The number of hydrogen-bond acceptors (Lipinski definition) is 2. The molecule has 1 heterocycles. The highest BCUT2D eigenvalue weighted by molar-refractivity contribution is 9.10. The minimum Gasteiger partial charge on any atom is -0.311 e. The van der Waals surface area contributed by atoms with Gasteiger partial charge in [0.2, 0.25) is 0 Å². The predicted molar refractivity (Wildman–Crippen MR) is 80.6 cm³/mol. The number of rotatable bonds is 2. The van der Waals surface area contributed by atoms with Crippen LogP contribution in [0.2, 0.25) is 0 Å². The van der Waals surface area contributed by atoms with E-state index in [-0.39, 0.29) is 5.91 Å². The molecular formula is C15H15BrN2O. The summed E-state index contributed by atoms with van der Waals surface area (Å²) in [6, 6.07) is 9.56. The summed E-state index contributed by atoms with van der Waals surface area (Å²) in [4.78, 5) is 18.2. The molecule has 0 unspecified atom stereocenters. The first kappa shape index (κ1) is 13.7. The Morgan fingerprint density at radius 1 is 1.26 bits per heavy atom. The van der Waals surface area contributed by atoms with E-state index in [4.69, 9.17) is 0 Å². The van der Waals surface area contributed by atoms with Crippen molar-refractivity contribution in [1.29, 1.82) is 0 Å². The smallest absolute Gasteiger partial charge is 0.260 e. The summed E-state index contributed by atoms with van der Waals surface area (Å²) >= 11 is 3.31. The highest BCUT2D eigenvalue weighted by atomic mass is 79.9. The summed E-state index contributed by atoms with van der Waals surface area (Å²) in [6.45, 7) is 4.04. The minimum absolute atomic E-state index is 0.0769. The Bertz CT molecular complexity index is 625. The van der Waals surface area contributed by atoms with Gasteiger partial charge in [0.15, 0.2) is 0 Å². The number of hydrogen-bond donors (Lipinski definition) is 0. The maximum atomic E-state index is 12.5. The Morgan fingerprint density at radius 2 is 2.00 bits per heavy atom. The van der Waals surface area contributed by atoms with Crippen LogP contribution in [0.1, 0.15) is 21.5 Å². The molecule has 0 N–H and O–H groups in total. The number of carbonyl (C=O) groups is 1. The van der Waals surface area contributed by atoms with Crippen molar-refractivity contribution in [3.8, 4) is 0 Å². The molecule has 1 aromatic heterocycles. The standard InChI is InChI=1S/C15H15BrN2O/c1-10-6-7-13(11(2)9-10)18(3)15(19)12-5-4-8-17-14(12)16/h4-9H,1-3H3. The van der Waals surface area contributed by atoms with Gasteiger partial charge in [-0.2, -0.15) is 0 Å². The van der Waals surface area contributed by atoms with Crippen molar-refractivity contribution in [2.45, 2.75) is 13.8 Å². The van der Waals surface area contributed by atoms with E-state index in [2.05, 4.69) is 27.0 Å². The lowest BCUT2D eigenvalue weighted by Crippen LogP contribution is -2.27. The van der Waals surface area contributed by atoms with E-state index in [1.54, 1.807) is 30.3 Å². The molecule has 0 bridgehead atoms. The zero-order valence-electron chi connectivity index (χ0n) is 11.1. The maximum Gasteiger partial charge on any atom is 0.260 e. The summed E-state index contributed by atoms with van der Waals surface area (Å²) in [5.74, 6) is -0.0769. The third kappa shape index (κ3) is 2.84. The van der Waals surface area contributed by atoms with Gasteiger partial charge in [-0.15, -0.1) is 0 Å². The molecule has 0 saturated heterocycles. The molecule has 0 radical (unpaired) electrons. The molecule has 2 rings (SSSR count). The molecule has 0 saturated carbocycles. The van der Waals surface area contributed by atoms with Gasteiger partial charge >= 0.3 is 0 Å². The molecule has 0 aliphatic heterocycles. The lowest BCUT2D eigenvalue weighted by atomic mass is 10.1. The van der Waals surface area contributed by atoms with Gasteiger partial charge in [-0.3, -0.25) is 4.79 Å². The summed E-state index contributed by atoms with van der Waals surface area (Å²) < 4.78 is 0.566. The summed E-state index contributed by atoms with van der Waals surface area (Å²) in [7, 11) is 1.78. The lowest BCUT2D eigenvalue weighted by Gasteiger charge is -2.20. The topological polar surface area (TPSA) is 33.2 Å². The number of carbonyl (C=O) groups excluding carboxylic acids is 1. The van der Waals surface area contributed by atoms with Gasteiger partial charge in [-0.1, -0.05) is 17.7 Å². The molecule has 0 aliphatic carbocycles. The fourth-order valence-electron chi connectivity index (χ4n) is 2.02. The molecular weight excluding hydrogens is 304 g/mol. The Labute approximate surface area is 121 Å². The fourth-order valence-corrected chi connectivity index (χ4v) is 2.44. The first-order chi connectivity index (χ1) is 9.00. The Morgan fingerprint density at radius 3 is 2.63 bits per heavy atom. The van der Waals surface area contributed by atoms with E-state index in [9.17, 15) is 4.79 Å². The minimum atomic E-state index is -0.0769. The number of aromatic nitrogens is 1. The highest BCUT2D eigenvalue weighted by Crippen LogP contribution is 2.23. The van der Waals surface area contributed by atoms with E-state index >= 15 is 0 Å². The number of amides is 1. The van der Waals surface area contributed by atoms with Crippen LogP contribution in [-0.2, 0) is 0 Å².